The van der Waals surface area contributed by atoms with Crippen LogP contribution in [0, 0.1) is 5.82 Å². The van der Waals surface area contributed by atoms with Crippen LogP contribution in [0.4, 0.5) is 4.39 Å². The number of ether oxygens (including phenoxy) is 1. The molecule has 160 valence electrons. The first-order valence-corrected chi connectivity index (χ1v) is 11.6. The van der Waals surface area contributed by atoms with Gasteiger partial charge in [0.15, 0.2) is 0 Å². The van der Waals surface area contributed by atoms with Gasteiger partial charge in [-0.2, -0.15) is 13.0 Å². The predicted molar refractivity (Wildman–Crippen MR) is 84.2 cm³/mol. The highest BCUT2D eigenvalue weighted by Crippen LogP contribution is 2.66. The molecule has 1 saturated heterocycles. The average Bonchev–Trinajstić information content (AvgIpc) is 2.94. The van der Waals surface area contributed by atoms with E-state index in [0.29, 0.717) is 6.20 Å². The molecule has 0 aliphatic carbocycles. The van der Waals surface area contributed by atoms with Crippen molar-refractivity contribution in [2.45, 2.75) is 25.2 Å². The molecule has 4 atom stereocenters. The number of nitrogens with zero attached hydrogens (tertiary/aromatic N) is 1. The summed E-state index contributed by atoms with van der Waals surface area (Å²) in [5.74, 6) is -1.24. The molecule has 5 N–H and O–H groups in total. The molecule has 15 nitrogen and oxygen atoms in total. The minimum atomic E-state index is -5.64. The first-order valence-electron chi connectivity index (χ1n) is 7.12. The quantitative estimate of drug-likeness (QED) is 0.308. The lowest BCUT2D eigenvalue weighted by Gasteiger charge is -2.18. The summed E-state index contributed by atoms with van der Waals surface area (Å²) in [4.78, 5) is 59.6. The number of phosphoric acid groups is 3. The molecule has 4 unspecified atom stereocenters. The second-order valence-corrected chi connectivity index (χ2v) is 9.74. The lowest BCUT2D eigenvalue weighted by Crippen LogP contribution is -2.34. The van der Waals surface area contributed by atoms with Gasteiger partial charge in [0.25, 0.3) is 5.56 Å². The highest BCUT2D eigenvalue weighted by atomic mass is 31.3. The summed E-state index contributed by atoms with van der Waals surface area (Å²) in [7, 11) is -16.4. The van der Waals surface area contributed by atoms with Crippen LogP contribution in [0.25, 0.3) is 0 Å². The van der Waals surface area contributed by atoms with Crippen LogP contribution >= 0.6 is 23.5 Å². The van der Waals surface area contributed by atoms with Gasteiger partial charge in [-0.25, -0.2) is 18.5 Å². The summed E-state index contributed by atoms with van der Waals surface area (Å²) in [6, 6.07) is 0. The van der Waals surface area contributed by atoms with Crippen LogP contribution in [0.5, 0.6) is 0 Å². The molecule has 0 radical (unpaired) electrons. The highest BCUT2D eigenvalue weighted by molar-refractivity contribution is 7.66. The summed E-state index contributed by atoms with van der Waals surface area (Å²) in [5.41, 5.74) is -2.17. The molecule has 2 heterocycles. The van der Waals surface area contributed by atoms with Gasteiger partial charge in [0.1, 0.15) is 6.23 Å². The Balaban J connectivity index is 1.95. The fourth-order valence-electron chi connectivity index (χ4n) is 2.17. The maximum Gasteiger partial charge on any atom is 0.490 e. The van der Waals surface area contributed by atoms with Crippen molar-refractivity contribution in [1.29, 1.82) is 0 Å². The lowest BCUT2D eigenvalue weighted by molar-refractivity contribution is -0.0247. The predicted octanol–water partition coefficient (Wildman–Crippen LogP) is -0.303. The van der Waals surface area contributed by atoms with Crippen LogP contribution in [0.3, 0.4) is 0 Å². The van der Waals surface area contributed by atoms with Crippen molar-refractivity contribution in [3.63, 3.8) is 0 Å². The molecule has 1 aromatic rings. The third-order valence-electron chi connectivity index (χ3n) is 3.16. The largest absolute Gasteiger partial charge is 0.490 e. The van der Waals surface area contributed by atoms with Crippen LogP contribution in [-0.4, -0.2) is 41.8 Å². The lowest BCUT2D eigenvalue weighted by atomic mass is 10.2. The van der Waals surface area contributed by atoms with E-state index < -0.39 is 59.5 Å². The molecule has 0 amide bonds. The Morgan fingerprint density at radius 3 is 2.39 bits per heavy atom. The molecule has 0 saturated carbocycles. The molecule has 28 heavy (non-hydrogen) atoms. The SMILES string of the molecule is O=c1[nH]c(=O)n(C2CCC(COP(=O)(O)OP(=O)(O)OP(=O)(O)O)O2)cc1F. The molecule has 1 fully saturated rings. The van der Waals surface area contributed by atoms with Crippen molar-refractivity contribution >= 4 is 23.5 Å². The van der Waals surface area contributed by atoms with E-state index in [1.165, 1.54) is 0 Å². The first kappa shape index (κ1) is 23.3. The van der Waals surface area contributed by atoms with E-state index in [2.05, 4.69) is 13.1 Å². The normalized spacial score (nSPS) is 24.6. The number of H-pyrrole nitrogens is 1. The molecular formula is C9H14FN2O13P3. The van der Waals surface area contributed by atoms with Gasteiger partial charge in [0.2, 0.25) is 5.82 Å². The van der Waals surface area contributed by atoms with Gasteiger partial charge < -0.3 is 24.3 Å². The van der Waals surface area contributed by atoms with Gasteiger partial charge in [0.05, 0.1) is 18.9 Å². The van der Waals surface area contributed by atoms with Gasteiger partial charge >= 0.3 is 29.2 Å². The summed E-state index contributed by atoms with van der Waals surface area (Å²) < 4.78 is 64.2. The molecule has 0 aromatic carbocycles. The molecule has 19 heteroatoms. The fraction of sp³-hybridized carbons (Fsp3) is 0.556. The summed E-state index contributed by atoms with van der Waals surface area (Å²) in [6.45, 7) is -0.708. The Kier molecular flexibility index (Phi) is 6.96. The van der Waals surface area contributed by atoms with E-state index in [9.17, 15) is 32.6 Å². The van der Waals surface area contributed by atoms with E-state index >= 15 is 0 Å². The van der Waals surface area contributed by atoms with E-state index in [-0.39, 0.29) is 12.8 Å². The van der Waals surface area contributed by atoms with Crippen LogP contribution in [0.1, 0.15) is 19.1 Å². The molecule has 0 spiro atoms. The average molecular weight is 470 g/mol. The van der Waals surface area contributed by atoms with Crippen molar-refractivity contribution in [3.8, 4) is 0 Å². The zero-order valence-electron chi connectivity index (χ0n) is 13.5. The van der Waals surface area contributed by atoms with Gasteiger partial charge in [-0.15, -0.1) is 0 Å². The van der Waals surface area contributed by atoms with Gasteiger partial charge in [-0.05, 0) is 12.8 Å². The topological polar surface area (TPSA) is 224 Å². The third-order valence-corrected chi connectivity index (χ3v) is 6.96. The summed E-state index contributed by atoms with van der Waals surface area (Å²) >= 11 is 0. The van der Waals surface area contributed by atoms with Gasteiger partial charge in [-0.1, -0.05) is 0 Å². The van der Waals surface area contributed by atoms with Crippen LogP contribution in [-0.2, 0) is 31.6 Å². The van der Waals surface area contributed by atoms with E-state index in [4.69, 9.17) is 19.4 Å². The number of hydrogen-bond acceptors (Lipinski definition) is 9. The standard InChI is InChI=1S/C9H14FN2O13P3/c10-6-3-12(9(14)11-8(6)13)7-2-1-5(23-7)4-22-27(18,19)25-28(20,21)24-26(15,16)17/h3,5,7H,1-2,4H2,(H,18,19)(H,20,21)(H,11,13,14)(H2,15,16,17). The van der Waals surface area contributed by atoms with E-state index in [1.54, 1.807) is 4.98 Å². The fourth-order valence-corrected chi connectivity index (χ4v) is 5.22. The van der Waals surface area contributed by atoms with Crippen LogP contribution < -0.4 is 11.2 Å². The van der Waals surface area contributed by atoms with Crippen LogP contribution in [0.15, 0.2) is 15.8 Å². The van der Waals surface area contributed by atoms with Crippen molar-refractivity contribution in [1.82, 2.24) is 9.55 Å². The molecule has 2 rings (SSSR count). The third kappa shape index (κ3) is 6.79. The molecule has 1 aromatic heterocycles. The van der Waals surface area contributed by atoms with Gasteiger partial charge in [0, 0.05) is 0 Å². The number of aromatic amines is 1. The minimum Gasteiger partial charge on any atom is -0.352 e. The molecular weight excluding hydrogens is 456 g/mol. The first-order chi connectivity index (χ1) is 12.7. The Hall–Kier alpha value is -1.02. The Labute approximate surface area is 154 Å². The smallest absolute Gasteiger partial charge is 0.352 e. The molecule has 1 aliphatic heterocycles. The van der Waals surface area contributed by atoms with Crippen molar-refractivity contribution < 1.29 is 55.5 Å². The number of nitrogens with one attached hydrogen (secondary N) is 1. The number of rotatable bonds is 8. The monoisotopic (exact) mass is 470 g/mol. The van der Waals surface area contributed by atoms with Crippen LogP contribution in [0.2, 0.25) is 0 Å². The van der Waals surface area contributed by atoms with E-state index in [1.807, 2.05) is 0 Å². The Bertz CT molecular complexity index is 984. The zero-order chi connectivity index (χ0) is 21.3. The minimum absolute atomic E-state index is 0.121. The van der Waals surface area contributed by atoms with Crippen molar-refractivity contribution in [2.75, 3.05) is 6.61 Å². The molecule has 1 aliphatic rings. The van der Waals surface area contributed by atoms with E-state index in [0.717, 1.165) is 4.57 Å². The van der Waals surface area contributed by atoms with Crippen molar-refractivity contribution in [3.05, 3.63) is 32.9 Å². The second-order valence-electron chi connectivity index (χ2n) is 5.32. The number of phosphoric ester groups is 1. The maximum atomic E-state index is 13.3. The van der Waals surface area contributed by atoms with Gasteiger partial charge in [-0.3, -0.25) is 18.9 Å². The second kappa shape index (κ2) is 8.38. The zero-order valence-corrected chi connectivity index (χ0v) is 16.2. The Morgan fingerprint density at radius 2 is 1.79 bits per heavy atom. The Morgan fingerprint density at radius 1 is 1.14 bits per heavy atom. The van der Waals surface area contributed by atoms with Crippen molar-refractivity contribution in [2.24, 2.45) is 0 Å². The highest BCUT2D eigenvalue weighted by Gasteiger charge is 2.41. The number of aromatic nitrogens is 2. The summed E-state index contributed by atoms with van der Waals surface area (Å²) in [5, 5.41) is 0. The number of hydrogen-bond donors (Lipinski definition) is 5. The number of halogens is 1. The summed E-state index contributed by atoms with van der Waals surface area (Å²) in [6.07, 6.45) is -1.11. The maximum absolute atomic E-state index is 13.3. The molecule has 0 bridgehead atoms.